The first-order chi connectivity index (χ1) is 7.62. The van der Waals surface area contributed by atoms with Crippen LogP contribution in [-0.4, -0.2) is 25.5 Å². The lowest BCUT2D eigenvalue weighted by Gasteiger charge is -2.39. The predicted molar refractivity (Wildman–Crippen MR) is 61.9 cm³/mol. The summed E-state index contributed by atoms with van der Waals surface area (Å²) in [5.41, 5.74) is 1.22. The maximum Gasteiger partial charge on any atom is 0.164 e. The van der Waals surface area contributed by atoms with Gasteiger partial charge in [0.25, 0.3) is 0 Å². The summed E-state index contributed by atoms with van der Waals surface area (Å²) in [6, 6.07) is 10.7. The van der Waals surface area contributed by atoms with Crippen LogP contribution < -0.4 is 5.32 Å². The van der Waals surface area contributed by atoms with Crippen molar-refractivity contribution < 1.29 is 14.8 Å². The highest BCUT2D eigenvalue weighted by Gasteiger charge is 2.38. The second-order valence-corrected chi connectivity index (χ2v) is 4.66. The number of quaternary nitrogens is 1. The van der Waals surface area contributed by atoms with E-state index in [4.69, 9.17) is 9.47 Å². The fourth-order valence-corrected chi connectivity index (χ4v) is 2.04. The molecule has 0 aromatic heterocycles. The van der Waals surface area contributed by atoms with E-state index in [1.807, 2.05) is 32.0 Å². The molecule has 2 rings (SSSR count). The summed E-state index contributed by atoms with van der Waals surface area (Å²) < 4.78 is 11.7. The van der Waals surface area contributed by atoms with Gasteiger partial charge in [-0.2, -0.15) is 0 Å². The molecule has 1 aliphatic rings. The van der Waals surface area contributed by atoms with Crippen LogP contribution >= 0.6 is 0 Å². The Morgan fingerprint density at radius 2 is 1.94 bits per heavy atom. The fraction of sp³-hybridized carbons (Fsp3) is 0.538. The minimum Gasteiger partial charge on any atom is -0.344 e. The normalized spacial score (nSPS) is 28.9. The molecular formula is C13H20NO2+. The molecule has 16 heavy (non-hydrogen) atoms. The number of hydrogen-bond donors (Lipinski definition) is 1. The zero-order chi connectivity index (χ0) is 11.6. The quantitative estimate of drug-likeness (QED) is 0.812. The molecule has 0 saturated carbocycles. The second-order valence-electron chi connectivity index (χ2n) is 4.66. The van der Waals surface area contributed by atoms with Crippen molar-refractivity contribution in [2.75, 3.05) is 13.7 Å². The molecule has 2 N–H and O–H groups in total. The van der Waals surface area contributed by atoms with Crippen LogP contribution in [0.1, 0.15) is 25.5 Å². The molecule has 1 aliphatic heterocycles. The number of ether oxygens (including phenoxy) is 2. The summed E-state index contributed by atoms with van der Waals surface area (Å²) in [7, 11) is 2.06. The second kappa shape index (κ2) is 4.53. The standard InChI is InChI=1S/C13H19NO2/c1-13(2)15-9-11(14-3)12(16-13)10-7-5-4-6-8-10/h4-8,11-12,14H,9H2,1-3H3/p+1/t11-,12-/m0/s1. The van der Waals surface area contributed by atoms with Crippen molar-refractivity contribution in [3.05, 3.63) is 35.9 Å². The van der Waals surface area contributed by atoms with Crippen LogP contribution in [0.4, 0.5) is 0 Å². The molecule has 3 nitrogen and oxygen atoms in total. The van der Waals surface area contributed by atoms with E-state index in [-0.39, 0.29) is 6.10 Å². The first kappa shape index (κ1) is 11.6. The van der Waals surface area contributed by atoms with Crippen molar-refractivity contribution in [2.24, 2.45) is 0 Å². The van der Waals surface area contributed by atoms with Gasteiger partial charge in [0.1, 0.15) is 18.8 Å². The van der Waals surface area contributed by atoms with Gasteiger partial charge < -0.3 is 14.8 Å². The van der Waals surface area contributed by atoms with Gasteiger partial charge in [0.15, 0.2) is 5.79 Å². The van der Waals surface area contributed by atoms with Crippen molar-refractivity contribution in [1.82, 2.24) is 0 Å². The maximum atomic E-state index is 6.01. The number of rotatable bonds is 2. The van der Waals surface area contributed by atoms with Crippen LogP contribution in [0, 0.1) is 0 Å². The lowest BCUT2D eigenvalue weighted by atomic mass is 10.0. The third kappa shape index (κ3) is 2.43. The Hall–Kier alpha value is -0.900. The Kier molecular flexibility index (Phi) is 3.28. The molecule has 88 valence electrons. The lowest BCUT2D eigenvalue weighted by Crippen LogP contribution is -2.89. The Morgan fingerprint density at radius 1 is 1.25 bits per heavy atom. The zero-order valence-corrected chi connectivity index (χ0v) is 10.1. The van der Waals surface area contributed by atoms with E-state index in [2.05, 4.69) is 24.5 Å². The van der Waals surface area contributed by atoms with Crippen LogP contribution in [0.3, 0.4) is 0 Å². The first-order valence-electron chi connectivity index (χ1n) is 5.78. The molecule has 0 amide bonds. The zero-order valence-electron chi connectivity index (χ0n) is 10.1. The minimum absolute atomic E-state index is 0.106. The SMILES string of the molecule is C[NH2+][C@H]1COC(C)(C)O[C@H]1c1ccccc1. The largest absolute Gasteiger partial charge is 0.344 e. The summed E-state index contributed by atoms with van der Waals surface area (Å²) in [4.78, 5) is 0. The third-order valence-corrected chi connectivity index (χ3v) is 2.98. The summed E-state index contributed by atoms with van der Waals surface area (Å²) in [6.07, 6.45) is 0.106. The van der Waals surface area contributed by atoms with Gasteiger partial charge in [0, 0.05) is 0 Å². The Morgan fingerprint density at radius 3 is 2.56 bits per heavy atom. The lowest BCUT2D eigenvalue weighted by molar-refractivity contribution is -0.685. The average Bonchev–Trinajstić information content (AvgIpc) is 2.29. The van der Waals surface area contributed by atoms with Gasteiger partial charge in [0.05, 0.1) is 7.05 Å². The molecule has 0 aliphatic carbocycles. The van der Waals surface area contributed by atoms with Gasteiger partial charge >= 0.3 is 0 Å². The van der Waals surface area contributed by atoms with E-state index in [0.29, 0.717) is 6.04 Å². The molecular weight excluding hydrogens is 202 g/mol. The fourth-order valence-electron chi connectivity index (χ4n) is 2.04. The first-order valence-corrected chi connectivity index (χ1v) is 5.78. The Balaban J connectivity index is 2.22. The molecule has 1 saturated heterocycles. The Labute approximate surface area is 96.8 Å². The summed E-state index contributed by atoms with van der Waals surface area (Å²) >= 11 is 0. The van der Waals surface area contributed by atoms with E-state index in [1.165, 1.54) is 5.56 Å². The van der Waals surface area contributed by atoms with Gasteiger partial charge in [-0.05, 0) is 19.4 Å². The van der Waals surface area contributed by atoms with Crippen molar-refractivity contribution in [1.29, 1.82) is 0 Å². The molecule has 1 fully saturated rings. The molecule has 0 radical (unpaired) electrons. The predicted octanol–water partition coefficient (Wildman–Crippen LogP) is 1.07. The molecule has 1 heterocycles. The van der Waals surface area contributed by atoms with Crippen molar-refractivity contribution in [2.45, 2.75) is 31.8 Å². The number of hydrogen-bond acceptors (Lipinski definition) is 2. The van der Waals surface area contributed by atoms with Gasteiger partial charge in [-0.3, -0.25) is 0 Å². The van der Waals surface area contributed by atoms with Crippen molar-refractivity contribution in [3.8, 4) is 0 Å². The van der Waals surface area contributed by atoms with Gasteiger partial charge in [-0.15, -0.1) is 0 Å². The van der Waals surface area contributed by atoms with Crippen molar-refractivity contribution >= 4 is 0 Å². The van der Waals surface area contributed by atoms with Gasteiger partial charge in [-0.1, -0.05) is 30.3 Å². The molecule has 1 aromatic carbocycles. The third-order valence-electron chi connectivity index (χ3n) is 2.98. The van der Waals surface area contributed by atoms with E-state index in [9.17, 15) is 0 Å². The molecule has 2 atom stereocenters. The van der Waals surface area contributed by atoms with E-state index in [1.54, 1.807) is 0 Å². The number of likely N-dealkylation sites (N-methyl/N-ethyl adjacent to an activating group) is 1. The van der Waals surface area contributed by atoms with Crippen LogP contribution in [-0.2, 0) is 9.47 Å². The van der Waals surface area contributed by atoms with Crippen LogP contribution in [0.2, 0.25) is 0 Å². The molecule has 0 unspecified atom stereocenters. The smallest absolute Gasteiger partial charge is 0.164 e. The summed E-state index contributed by atoms with van der Waals surface area (Å²) in [5.74, 6) is -0.486. The summed E-state index contributed by atoms with van der Waals surface area (Å²) in [6.45, 7) is 4.66. The number of nitrogens with two attached hydrogens (primary N) is 1. The Bertz CT molecular complexity index is 337. The summed E-state index contributed by atoms with van der Waals surface area (Å²) in [5, 5.41) is 2.16. The monoisotopic (exact) mass is 222 g/mol. The van der Waals surface area contributed by atoms with E-state index >= 15 is 0 Å². The maximum absolute atomic E-state index is 6.01. The topological polar surface area (TPSA) is 35.1 Å². The molecule has 1 aromatic rings. The number of benzene rings is 1. The molecule has 0 spiro atoms. The van der Waals surface area contributed by atoms with Crippen LogP contribution in [0.5, 0.6) is 0 Å². The van der Waals surface area contributed by atoms with Gasteiger partial charge in [0.2, 0.25) is 0 Å². The molecule has 0 bridgehead atoms. The van der Waals surface area contributed by atoms with Gasteiger partial charge in [-0.25, -0.2) is 0 Å². The van der Waals surface area contributed by atoms with Crippen molar-refractivity contribution in [3.63, 3.8) is 0 Å². The van der Waals surface area contributed by atoms with Crippen LogP contribution in [0.15, 0.2) is 30.3 Å². The van der Waals surface area contributed by atoms with E-state index < -0.39 is 5.79 Å². The highest BCUT2D eigenvalue weighted by molar-refractivity contribution is 5.19. The molecule has 3 heteroatoms. The van der Waals surface area contributed by atoms with Crippen LogP contribution in [0.25, 0.3) is 0 Å². The average molecular weight is 222 g/mol. The highest BCUT2D eigenvalue weighted by Crippen LogP contribution is 2.31. The van der Waals surface area contributed by atoms with E-state index in [0.717, 1.165) is 6.61 Å². The minimum atomic E-state index is -0.486. The highest BCUT2D eigenvalue weighted by atomic mass is 16.7.